The summed E-state index contributed by atoms with van der Waals surface area (Å²) in [5.74, 6) is 18.9. The Balaban J connectivity index is 0.000000203. The molecular formula is C93H113N15O18S4. The highest BCUT2D eigenvalue weighted by Gasteiger charge is 2.25. The second-order valence-electron chi connectivity index (χ2n) is 32.7. The van der Waals surface area contributed by atoms with Crippen LogP contribution in [0, 0.1) is 65.9 Å². The number of aromatic hydroxyl groups is 1. The predicted octanol–water partition coefficient (Wildman–Crippen LogP) is 17.7. The van der Waals surface area contributed by atoms with Crippen LogP contribution in [0.4, 0.5) is 34.5 Å². The maximum Gasteiger partial charge on any atom is 0.358 e. The highest BCUT2D eigenvalue weighted by atomic mass is 32.2. The Bertz CT molecular complexity index is 5550. The number of nitrogens with one attached hydrogen (secondary N) is 3. The monoisotopic (exact) mass is 1860 g/mol. The van der Waals surface area contributed by atoms with Crippen LogP contribution < -0.4 is 25.4 Å². The number of piperidine rings is 3. The predicted molar refractivity (Wildman–Crippen MR) is 505 cm³/mol. The average Bonchev–Trinajstić information content (AvgIpc) is 1.78. The molecule has 9 heterocycles. The van der Waals surface area contributed by atoms with Crippen molar-refractivity contribution in [3.8, 4) is 84.5 Å². The number of carboxylic acids is 1. The number of thiazole rings is 3. The van der Waals surface area contributed by atoms with Crippen LogP contribution in [0.3, 0.4) is 0 Å². The number of nitrogens with zero attached hydrogens (tertiary/aromatic N) is 12. The fraction of sp³-hybridized carbons (Fsp3) is 0.452. The minimum absolute atomic E-state index is 0.0291. The normalized spacial score (nSPS) is 13.4. The van der Waals surface area contributed by atoms with E-state index in [1.807, 2.05) is 71.9 Å². The van der Waals surface area contributed by atoms with Crippen molar-refractivity contribution in [2.24, 2.45) is 0 Å². The van der Waals surface area contributed by atoms with Crippen molar-refractivity contribution in [3.05, 3.63) is 190 Å². The summed E-state index contributed by atoms with van der Waals surface area (Å²) in [6.07, 6.45) is 24.6. The summed E-state index contributed by atoms with van der Waals surface area (Å²) in [5, 5.41) is 68.9. The van der Waals surface area contributed by atoms with E-state index in [0.717, 1.165) is 130 Å². The summed E-state index contributed by atoms with van der Waals surface area (Å²) in [7, 11) is -3.36. The fourth-order valence-corrected chi connectivity index (χ4v) is 16.0. The minimum Gasteiger partial charge on any atom is -0.502 e. The van der Waals surface area contributed by atoms with Gasteiger partial charge < -0.3 is 45.1 Å². The van der Waals surface area contributed by atoms with Gasteiger partial charge in [-0.15, -0.1) is 34.0 Å². The molecule has 0 amide bonds. The molecule has 0 unspecified atom stereocenters. The Morgan fingerprint density at radius 1 is 0.454 bits per heavy atom. The quantitative estimate of drug-likeness (QED) is 0.00608. The smallest absolute Gasteiger partial charge is 0.358 e. The van der Waals surface area contributed by atoms with Crippen LogP contribution >= 0.6 is 34.0 Å². The molecule has 5 N–H and O–H groups in total. The van der Waals surface area contributed by atoms with E-state index in [0.29, 0.717) is 103 Å². The van der Waals surface area contributed by atoms with Gasteiger partial charge in [0, 0.05) is 124 Å². The first-order chi connectivity index (χ1) is 62.4. The van der Waals surface area contributed by atoms with Crippen LogP contribution in [-0.4, -0.2) is 212 Å². The number of esters is 2. The van der Waals surface area contributed by atoms with E-state index in [4.69, 9.17) is 28.2 Å². The van der Waals surface area contributed by atoms with Crippen molar-refractivity contribution in [2.45, 2.75) is 168 Å². The number of pyridine rings is 3. The number of ether oxygens (including phenoxy) is 4. The number of rotatable bonds is 36. The van der Waals surface area contributed by atoms with Gasteiger partial charge in [0.1, 0.15) is 43.7 Å². The first kappa shape index (κ1) is 102. The first-order valence-electron chi connectivity index (χ1n) is 43.3. The van der Waals surface area contributed by atoms with Gasteiger partial charge >= 0.3 is 35.0 Å². The minimum atomic E-state index is -3.36. The molecule has 3 aliphatic rings. The van der Waals surface area contributed by atoms with Gasteiger partial charge in [0.25, 0.3) is 10.1 Å². The lowest BCUT2D eigenvalue weighted by atomic mass is 10.1. The van der Waals surface area contributed by atoms with Crippen LogP contribution in [0.25, 0.3) is 31.7 Å². The lowest BCUT2D eigenvalue weighted by Gasteiger charge is -2.23. The van der Waals surface area contributed by atoms with E-state index in [1.54, 1.807) is 65.7 Å². The number of aromatic carboxylic acids is 1. The second kappa shape index (κ2) is 52.5. The van der Waals surface area contributed by atoms with Crippen LogP contribution in [-0.2, 0) is 23.8 Å². The van der Waals surface area contributed by atoms with Crippen molar-refractivity contribution in [1.82, 2.24) is 44.6 Å². The zero-order valence-corrected chi connectivity index (χ0v) is 77.7. The molecule has 12 rings (SSSR count). The van der Waals surface area contributed by atoms with Crippen molar-refractivity contribution in [1.29, 1.82) is 0 Å². The molecule has 3 aliphatic heterocycles. The van der Waals surface area contributed by atoms with E-state index in [2.05, 4.69) is 96.1 Å². The number of anilines is 3. The van der Waals surface area contributed by atoms with Gasteiger partial charge in [0.2, 0.25) is 0 Å². The summed E-state index contributed by atoms with van der Waals surface area (Å²) in [6, 6.07) is 24.9. The largest absolute Gasteiger partial charge is 0.502 e. The van der Waals surface area contributed by atoms with Gasteiger partial charge in [-0.2, -0.15) is 8.42 Å². The molecule has 9 aromatic rings. The average molecular weight is 1860 g/mol. The Morgan fingerprint density at radius 3 is 1.11 bits per heavy atom. The molecule has 37 heteroatoms. The number of nitro groups is 3. The zero-order valence-electron chi connectivity index (χ0n) is 74.4. The van der Waals surface area contributed by atoms with E-state index in [1.165, 1.54) is 121 Å². The second-order valence-corrected chi connectivity index (χ2v) is 36.9. The summed E-state index contributed by atoms with van der Waals surface area (Å²) < 4.78 is 48.8. The van der Waals surface area contributed by atoms with Crippen molar-refractivity contribution >= 4 is 96.6 Å². The summed E-state index contributed by atoms with van der Waals surface area (Å²) in [5.41, 5.74) is 3.64. The molecule has 0 atom stereocenters. The SMILES string of the molecule is CC(C)(C)OC(=O)c1csc(-c2ccnc(NCCCCCOS(C)(=O)=O)c2)n1.CC(C)(C)OC(=O)c1csc(-c2ccnc(NCCCCCOc3cc(C#CCN4CCCCC4)ccc3[N+](=O)[O-])c2)n1.O=C(O)c1csc(-c2ccnc(NCCCCCOc3cc(C#CCN4CCCCC4)ccc3[N+](=O)[O-])c2)n1.O=[N+]([O-])c1ccc(C#CCN2CCCCC2)cc1O. The van der Waals surface area contributed by atoms with Crippen LogP contribution in [0.2, 0.25) is 0 Å². The molecule has 3 saturated heterocycles. The third kappa shape index (κ3) is 37.2. The molecule has 0 spiro atoms. The Hall–Kier alpha value is -12.1. The molecule has 0 bridgehead atoms. The third-order valence-electron chi connectivity index (χ3n) is 19.6. The number of nitro benzene ring substituents is 3. The highest BCUT2D eigenvalue weighted by molar-refractivity contribution is 7.86. The maximum absolute atomic E-state index is 12.3. The molecular weight excluding hydrogens is 1740 g/mol. The van der Waals surface area contributed by atoms with Gasteiger partial charge in [-0.1, -0.05) is 54.8 Å². The van der Waals surface area contributed by atoms with E-state index >= 15 is 0 Å². The van der Waals surface area contributed by atoms with Crippen molar-refractivity contribution in [2.75, 3.05) is 121 Å². The van der Waals surface area contributed by atoms with Gasteiger partial charge in [0.15, 0.2) is 34.3 Å². The molecule has 0 aliphatic carbocycles. The molecule has 130 heavy (non-hydrogen) atoms. The standard InChI is InChI=1S/C32H39N5O5S.C28H31N5O5S.C19H27N3O5S2.C14H16N2O3/c1-32(2,3)42-31(38)26-23-43-30(35-26)25-14-16-34-29(22-25)33-15-6-4-9-20-41-28-21-24(12-13-27(28)37(39)40)11-10-19-36-17-7-5-8-18-36;34-28(35)23-20-39-27(31-23)22-11-13-30-26(19-22)29-12-3-1-6-17-38-25-18-21(9-10-24(25)33(36)37)8-7-16-32-14-4-2-5-15-32;1-19(2,3)27-18(23)15-13-28-17(22-15)14-8-10-21-16(12-14)20-9-6-5-7-11-26-29(4,24)25;17-14-11-12(6-7-13(14)16(18)19)5-4-10-15-8-2-1-3-9-15/h12-14,16,21-23H,4-9,15,17-20H2,1-3H3,(H,33,34);9-11,13,18-20H,1-6,12,14-17H2,(H,29,30)(H,34,35);8,10,12-13H,5-7,9,11H2,1-4H3,(H,20,21);6-7,11,17H,1-3,8-10H2. The first-order valence-corrected chi connectivity index (χ1v) is 47.8. The number of hydrogen-bond donors (Lipinski definition) is 5. The number of hydrogen-bond acceptors (Lipinski definition) is 32. The molecule has 3 fully saturated rings. The van der Waals surface area contributed by atoms with E-state index < -0.39 is 54.0 Å². The number of aromatic nitrogens is 6. The van der Waals surface area contributed by atoms with E-state index in [9.17, 15) is 58.3 Å². The number of carbonyl (C=O) groups is 3. The lowest BCUT2D eigenvalue weighted by Crippen LogP contribution is -2.29. The topological polar surface area (TPSA) is 425 Å². The fourth-order valence-electron chi connectivity index (χ4n) is 13.2. The van der Waals surface area contributed by atoms with Gasteiger partial charge in [-0.05, 0) is 232 Å². The van der Waals surface area contributed by atoms with Crippen LogP contribution in [0.15, 0.2) is 126 Å². The van der Waals surface area contributed by atoms with Gasteiger partial charge in [-0.25, -0.2) is 44.3 Å². The highest BCUT2D eigenvalue weighted by Crippen LogP contribution is 2.34. The number of unbranched alkanes of at least 4 members (excludes halogenated alkanes) is 6. The number of likely N-dealkylation sites (tertiary alicyclic amines) is 3. The Labute approximate surface area is 770 Å². The summed E-state index contributed by atoms with van der Waals surface area (Å²) >= 11 is 4.03. The molecule has 6 aromatic heterocycles. The van der Waals surface area contributed by atoms with Crippen LogP contribution in [0.5, 0.6) is 17.2 Å². The Morgan fingerprint density at radius 2 is 0.785 bits per heavy atom. The van der Waals surface area contributed by atoms with Crippen LogP contribution in [0.1, 0.15) is 205 Å². The number of carbonyl (C=O) groups excluding carboxylic acids is 2. The summed E-state index contributed by atoms with van der Waals surface area (Å²) in [4.78, 5) is 100. The summed E-state index contributed by atoms with van der Waals surface area (Å²) in [6.45, 7) is 22.6. The maximum atomic E-state index is 12.3. The van der Waals surface area contributed by atoms with Crippen molar-refractivity contribution < 1.29 is 70.9 Å². The number of phenolic OH excluding ortho intramolecular Hbond substituents is 1. The Kier molecular flexibility index (Phi) is 41.1. The molecule has 692 valence electrons. The zero-order chi connectivity index (χ0) is 93.3. The molecule has 0 radical (unpaired) electrons. The molecule has 3 aromatic carbocycles. The van der Waals surface area contributed by atoms with Crippen molar-refractivity contribution in [3.63, 3.8) is 0 Å². The number of phenols is 1. The van der Waals surface area contributed by atoms with E-state index in [-0.39, 0.29) is 46.6 Å². The molecule has 33 nitrogen and oxygen atoms in total. The molecule has 0 saturated carbocycles. The van der Waals surface area contributed by atoms with Gasteiger partial charge in [-0.3, -0.25) is 49.2 Å². The number of carboxylic acid groups (broad SMARTS) is 1. The number of benzene rings is 3. The lowest BCUT2D eigenvalue weighted by molar-refractivity contribution is -0.386. The third-order valence-corrected chi connectivity index (χ3v) is 22.9. The van der Waals surface area contributed by atoms with Gasteiger partial charge in [0.05, 0.1) is 60.5 Å².